The third-order valence-electron chi connectivity index (χ3n) is 9.61. The maximum Gasteiger partial charge on any atom is 0.419 e. The lowest BCUT2D eigenvalue weighted by Gasteiger charge is -2.26. The van der Waals surface area contributed by atoms with E-state index in [0.717, 1.165) is 29.5 Å². The van der Waals surface area contributed by atoms with Crippen molar-refractivity contribution in [1.82, 2.24) is 9.47 Å². The average Bonchev–Trinajstić information content (AvgIpc) is 3.85. The Bertz CT molecular complexity index is 1800. The van der Waals surface area contributed by atoms with Crippen molar-refractivity contribution in [2.24, 2.45) is 5.92 Å². The summed E-state index contributed by atoms with van der Waals surface area (Å²) in [6.45, 7) is 10.9. The number of rotatable bonds is 15. The molecule has 0 N–H and O–H groups in total. The Labute approximate surface area is 297 Å². The molecule has 0 spiro atoms. The molecule has 2 atom stereocenters. The molecule has 0 aliphatic heterocycles. The number of aromatic nitrogens is 1. The van der Waals surface area contributed by atoms with E-state index in [2.05, 4.69) is 0 Å². The first kappa shape index (κ1) is 39.9. The van der Waals surface area contributed by atoms with E-state index in [0.29, 0.717) is 36.1 Å². The summed E-state index contributed by atoms with van der Waals surface area (Å²) in [6.07, 6.45) is -2.34. The van der Waals surface area contributed by atoms with Gasteiger partial charge in [-0.1, -0.05) is 26.0 Å². The lowest BCUT2D eigenvalue weighted by molar-refractivity contribution is -0.143. The first-order chi connectivity index (χ1) is 23.8. The second-order valence-electron chi connectivity index (χ2n) is 14.6. The lowest BCUT2D eigenvalue weighted by Crippen LogP contribution is -2.32. The van der Waals surface area contributed by atoms with Crippen LogP contribution in [0.15, 0.2) is 35.3 Å². The highest BCUT2D eigenvalue weighted by molar-refractivity contribution is 5.85. The zero-order valence-electron chi connectivity index (χ0n) is 30.8. The molecule has 0 bridgehead atoms. The molecule has 1 heterocycles. The van der Waals surface area contributed by atoms with Crippen LogP contribution < -0.4 is 5.56 Å². The van der Waals surface area contributed by atoms with Gasteiger partial charge in [0.05, 0.1) is 24.6 Å². The van der Waals surface area contributed by atoms with Gasteiger partial charge in [-0.2, -0.15) is 13.2 Å². The van der Waals surface area contributed by atoms with Crippen molar-refractivity contribution in [3.05, 3.63) is 91.4 Å². The summed E-state index contributed by atoms with van der Waals surface area (Å²) in [5, 5.41) is 0. The van der Waals surface area contributed by atoms with Crippen LogP contribution in [-0.2, 0) is 26.9 Å². The summed E-state index contributed by atoms with van der Waals surface area (Å²) in [6, 6.07) is 4.44. The molecular weight excluding hydrogens is 667 g/mol. The molecule has 0 saturated heterocycles. The fraction of sp³-hybridized carbons (Fsp3) is 0.525. The number of ketones is 1. The zero-order chi connectivity index (χ0) is 37.9. The normalized spacial score (nSPS) is 14.6. The number of hydrogen-bond acceptors (Lipinski definition) is 5. The fourth-order valence-electron chi connectivity index (χ4n) is 6.94. The number of likely N-dealkylation sites (N-methyl/N-ethyl adjacent to an activating group) is 1. The fourth-order valence-corrected chi connectivity index (χ4v) is 6.94. The maximum absolute atomic E-state index is 16.9. The molecule has 11 heteroatoms. The van der Waals surface area contributed by atoms with Crippen molar-refractivity contribution < 1.29 is 36.3 Å². The van der Waals surface area contributed by atoms with E-state index in [1.165, 1.54) is 17.6 Å². The van der Waals surface area contributed by atoms with E-state index >= 15 is 8.78 Å². The number of ether oxygens (including phenoxy) is 1. The number of hydrogen-bond donors (Lipinski definition) is 0. The minimum atomic E-state index is -5.21. The minimum absolute atomic E-state index is 0.0888. The third kappa shape index (κ3) is 9.53. The molecule has 0 amide bonds. The Morgan fingerprint density at radius 3 is 2.12 bits per heavy atom. The zero-order valence-corrected chi connectivity index (χ0v) is 30.8. The van der Waals surface area contributed by atoms with Crippen LogP contribution in [0.5, 0.6) is 0 Å². The van der Waals surface area contributed by atoms with Crippen molar-refractivity contribution in [2.45, 2.75) is 104 Å². The van der Waals surface area contributed by atoms with Crippen LogP contribution >= 0.6 is 0 Å². The third-order valence-corrected chi connectivity index (χ3v) is 9.61. The Kier molecular flexibility index (Phi) is 12.7. The number of carbonyl (C=O) groups is 2. The van der Waals surface area contributed by atoms with Crippen LogP contribution in [0.1, 0.15) is 110 Å². The lowest BCUT2D eigenvalue weighted by atomic mass is 9.82. The Morgan fingerprint density at radius 2 is 1.59 bits per heavy atom. The molecule has 1 aromatic heterocycles. The van der Waals surface area contributed by atoms with E-state index < -0.39 is 76.6 Å². The Morgan fingerprint density at radius 1 is 0.961 bits per heavy atom. The van der Waals surface area contributed by atoms with Crippen LogP contribution in [0.4, 0.5) is 22.0 Å². The van der Waals surface area contributed by atoms with Gasteiger partial charge >= 0.3 is 12.1 Å². The molecule has 2 aromatic carbocycles. The van der Waals surface area contributed by atoms with Gasteiger partial charge in [-0.05, 0) is 119 Å². The Hall–Kier alpha value is -3.86. The standard InChI is InChI=1S/C40H49F5N2O4/c1-9-51-35(50)19-29(18-33(48)32(14-22(2)3)47-21-27(12-13-46(7)8)23(4)17-34(47)49)37-38(41)30(20-31(39(37)42)40(43,44)45)36-24(5)15-28(16-25(36)6)26-10-11-26/h15-17,20-22,26,29,32H,9-14,18-19H2,1-8H3/t29-,32?/m0/s1. The van der Waals surface area contributed by atoms with E-state index in [9.17, 15) is 27.6 Å². The summed E-state index contributed by atoms with van der Waals surface area (Å²) in [5.41, 5.74) is 0.205. The number of esters is 1. The van der Waals surface area contributed by atoms with Gasteiger partial charge in [0.25, 0.3) is 5.56 Å². The summed E-state index contributed by atoms with van der Waals surface area (Å²) in [7, 11) is 3.81. The summed E-state index contributed by atoms with van der Waals surface area (Å²) in [4.78, 5) is 42.5. The monoisotopic (exact) mass is 716 g/mol. The van der Waals surface area contributed by atoms with Crippen molar-refractivity contribution >= 4 is 11.8 Å². The number of benzene rings is 2. The topological polar surface area (TPSA) is 68.6 Å². The average molecular weight is 717 g/mol. The first-order valence-electron chi connectivity index (χ1n) is 17.6. The molecule has 1 fully saturated rings. The van der Waals surface area contributed by atoms with Crippen LogP contribution in [-0.4, -0.2) is 48.5 Å². The van der Waals surface area contributed by atoms with Gasteiger partial charge in [0.2, 0.25) is 0 Å². The number of pyridine rings is 1. The van der Waals surface area contributed by atoms with Crippen LogP contribution in [0.3, 0.4) is 0 Å². The van der Waals surface area contributed by atoms with Crippen molar-refractivity contribution in [3.63, 3.8) is 0 Å². The summed E-state index contributed by atoms with van der Waals surface area (Å²) in [5.74, 6) is -6.15. The van der Waals surface area contributed by atoms with Gasteiger partial charge in [-0.15, -0.1) is 0 Å². The van der Waals surface area contributed by atoms with Crippen molar-refractivity contribution in [2.75, 3.05) is 27.2 Å². The Balaban J connectivity index is 1.90. The molecule has 6 nitrogen and oxygen atoms in total. The predicted octanol–water partition coefficient (Wildman–Crippen LogP) is 9.00. The maximum atomic E-state index is 16.9. The van der Waals surface area contributed by atoms with Crippen molar-refractivity contribution in [1.29, 1.82) is 0 Å². The van der Waals surface area contributed by atoms with Gasteiger partial charge < -0.3 is 14.2 Å². The van der Waals surface area contributed by atoms with Gasteiger partial charge in [-0.3, -0.25) is 14.4 Å². The second kappa shape index (κ2) is 16.2. The molecule has 278 valence electrons. The first-order valence-corrected chi connectivity index (χ1v) is 17.6. The highest BCUT2D eigenvalue weighted by Gasteiger charge is 2.41. The minimum Gasteiger partial charge on any atom is -0.466 e. The predicted molar refractivity (Wildman–Crippen MR) is 188 cm³/mol. The van der Waals surface area contributed by atoms with E-state index in [4.69, 9.17) is 4.74 Å². The molecular formula is C40H49F5N2O4. The largest absolute Gasteiger partial charge is 0.466 e. The molecule has 1 unspecified atom stereocenters. The van der Waals surface area contributed by atoms with E-state index in [1.54, 1.807) is 27.0 Å². The van der Waals surface area contributed by atoms with Gasteiger partial charge in [0, 0.05) is 42.3 Å². The SMILES string of the molecule is CCOC(=O)C[C@H](CC(=O)C(CC(C)C)n1cc(CCN(C)C)c(C)cc1=O)c1c(F)c(-c2c(C)cc(C3CC3)cc2C)cc(C(F)(F)F)c1F. The van der Waals surface area contributed by atoms with E-state index in [1.807, 2.05) is 45.0 Å². The molecule has 0 radical (unpaired) electrons. The van der Waals surface area contributed by atoms with Gasteiger partial charge in [-0.25, -0.2) is 8.78 Å². The highest BCUT2D eigenvalue weighted by atomic mass is 19.4. The number of halogens is 5. The number of alkyl halides is 3. The molecule has 1 aliphatic rings. The van der Waals surface area contributed by atoms with Crippen molar-refractivity contribution in [3.8, 4) is 11.1 Å². The summed E-state index contributed by atoms with van der Waals surface area (Å²) >= 11 is 0. The number of aryl methyl sites for hydroxylation is 3. The van der Waals surface area contributed by atoms with Gasteiger partial charge in [0.1, 0.15) is 11.6 Å². The van der Waals surface area contributed by atoms with Crippen LogP contribution in [0.25, 0.3) is 11.1 Å². The molecule has 4 rings (SSSR count). The number of carbonyl (C=O) groups excluding carboxylic acids is 2. The molecule has 1 saturated carbocycles. The van der Waals surface area contributed by atoms with Crippen LogP contribution in [0.2, 0.25) is 0 Å². The summed E-state index contributed by atoms with van der Waals surface area (Å²) < 4.78 is 83.0. The smallest absolute Gasteiger partial charge is 0.419 e. The van der Waals surface area contributed by atoms with Crippen LogP contribution in [0, 0.1) is 38.3 Å². The molecule has 51 heavy (non-hydrogen) atoms. The van der Waals surface area contributed by atoms with Gasteiger partial charge in [0.15, 0.2) is 5.78 Å². The molecule has 3 aromatic rings. The molecule has 1 aliphatic carbocycles. The second-order valence-corrected chi connectivity index (χ2v) is 14.6. The van der Waals surface area contributed by atoms with E-state index in [-0.39, 0.29) is 24.5 Å². The quantitative estimate of drug-likeness (QED) is 0.116. The number of Topliss-reactive ketones (excluding diaryl/α,β-unsaturated/α-hetero) is 1. The highest BCUT2D eigenvalue weighted by Crippen LogP contribution is 2.46. The number of nitrogens with zero attached hydrogens (tertiary/aromatic N) is 2.